The number of carbonyl (C=O) groups is 1. The fourth-order valence-electron chi connectivity index (χ4n) is 2.51. The first kappa shape index (κ1) is 14.5. The van der Waals surface area contributed by atoms with Crippen LogP contribution < -0.4 is 10.6 Å². The first-order valence-corrected chi connectivity index (χ1v) is 6.81. The van der Waals surface area contributed by atoms with Gasteiger partial charge in [0.2, 0.25) is 5.91 Å². The van der Waals surface area contributed by atoms with E-state index in [0.29, 0.717) is 13.0 Å². The van der Waals surface area contributed by atoms with Gasteiger partial charge in [0, 0.05) is 13.1 Å². The van der Waals surface area contributed by atoms with Gasteiger partial charge in [-0.3, -0.25) is 4.79 Å². The molecule has 1 rings (SSSR count). The molecular formula is C13H26N2O2. The Hall–Kier alpha value is -0.610. The Morgan fingerprint density at radius 3 is 2.82 bits per heavy atom. The summed E-state index contributed by atoms with van der Waals surface area (Å²) < 4.78 is 0. The number of aliphatic hydroxyl groups excluding tert-OH is 1. The molecule has 0 aromatic rings. The van der Waals surface area contributed by atoms with Crippen LogP contribution in [0.5, 0.6) is 0 Å². The lowest BCUT2D eigenvalue weighted by Gasteiger charge is -2.36. The molecule has 2 atom stereocenters. The van der Waals surface area contributed by atoms with Gasteiger partial charge >= 0.3 is 0 Å². The predicted molar refractivity (Wildman–Crippen MR) is 68.8 cm³/mol. The first-order chi connectivity index (χ1) is 8.14. The number of carbonyl (C=O) groups excluding carboxylic acids is 1. The lowest BCUT2D eigenvalue weighted by atomic mass is 9.76. The van der Waals surface area contributed by atoms with Crippen molar-refractivity contribution in [2.24, 2.45) is 5.41 Å². The lowest BCUT2D eigenvalue weighted by molar-refractivity contribution is -0.133. The molecule has 1 heterocycles. The highest BCUT2D eigenvalue weighted by Gasteiger charge is 2.38. The smallest absolute Gasteiger partial charge is 0.227 e. The third-order valence-corrected chi connectivity index (χ3v) is 3.65. The molecule has 0 bridgehead atoms. The Balaban J connectivity index is 2.53. The van der Waals surface area contributed by atoms with E-state index >= 15 is 0 Å². The van der Waals surface area contributed by atoms with E-state index in [1.54, 1.807) is 0 Å². The number of rotatable bonds is 6. The van der Waals surface area contributed by atoms with Gasteiger partial charge in [-0.05, 0) is 32.2 Å². The van der Waals surface area contributed by atoms with Gasteiger partial charge in [0.1, 0.15) is 0 Å². The summed E-state index contributed by atoms with van der Waals surface area (Å²) in [4.78, 5) is 12.3. The van der Waals surface area contributed by atoms with E-state index in [1.807, 2.05) is 6.92 Å². The van der Waals surface area contributed by atoms with Crippen LogP contribution in [0.1, 0.15) is 46.0 Å². The van der Waals surface area contributed by atoms with Crippen molar-refractivity contribution < 1.29 is 9.90 Å². The van der Waals surface area contributed by atoms with Crippen LogP contribution in [0, 0.1) is 5.41 Å². The van der Waals surface area contributed by atoms with E-state index in [0.717, 1.165) is 38.8 Å². The lowest BCUT2D eigenvalue weighted by Crippen LogP contribution is -2.51. The average Bonchev–Trinajstić information content (AvgIpc) is 2.36. The van der Waals surface area contributed by atoms with Gasteiger partial charge in [-0.25, -0.2) is 0 Å². The van der Waals surface area contributed by atoms with Gasteiger partial charge in [-0.2, -0.15) is 0 Å². The Morgan fingerprint density at radius 2 is 2.29 bits per heavy atom. The molecule has 0 aromatic carbocycles. The molecule has 1 saturated heterocycles. The molecule has 0 saturated carbocycles. The topological polar surface area (TPSA) is 61.4 Å². The van der Waals surface area contributed by atoms with Crippen molar-refractivity contribution in [2.45, 2.75) is 52.1 Å². The number of hydrogen-bond acceptors (Lipinski definition) is 3. The minimum Gasteiger partial charge on any atom is -0.391 e. The molecule has 0 aliphatic carbocycles. The van der Waals surface area contributed by atoms with Gasteiger partial charge in [0.15, 0.2) is 0 Å². The van der Waals surface area contributed by atoms with Crippen LogP contribution in [0.2, 0.25) is 0 Å². The van der Waals surface area contributed by atoms with Crippen LogP contribution in [0.4, 0.5) is 0 Å². The van der Waals surface area contributed by atoms with Crippen molar-refractivity contribution in [2.75, 3.05) is 19.6 Å². The maximum atomic E-state index is 12.3. The van der Waals surface area contributed by atoms with E-state index in [2.05, 4.69) is 17.6 Å². The summed E-state index contributed by atoms with van der Waals surface area (Å²) in [6.45, 7) is 6.19. The largest absolute Gasteiger partial charge is 0.391 e. The highest BCUT2D eigenvalue weighted by atomic mass is 16.3. The molecular weight excluding hydrogens is 216 g/mol. The van der Waals surface area contributed by atoms with E-state index in [1.165, 1.54) is 0 Å². The number of aliphatic hydroxyl groups is 1. The third kappa shape index (κ3) is 3.96. The molecule has 1 fully saturated rings. The monoisotopic (exact) mass is 242 g/mol. The quantitative estimate of drug-likeness (QED) is 0.652. The number of piperidine rings is 1. The van der Waals surface area contributed by atoms with Gasteiger partial charge < -0.3 is 15.7 Å². The second kappa shape index (κ2) is 6.97. The summed E-state index contributed by atoms with van der Waals surface area (Å²) >= 11 is 0. The summed E-state index contributed by atoms with van der Waals surface area (Å²) in [5, 5.41) is 15.7. The first-order valence-electron chi connectivity index (χ1n) is 6.81. The molecule has 2 unspecified atom stereocenters. The van der Waals surface area contributed by atoms with Crippen LogP contribution in [-0.2, 0) is 4.79 Å². The minimum absolute atomic E-state index is 0.110. The van der Waals surface area contributed by atoms with Crippen LogP contribution in [0.15, 0.2) is 0 Å². The molecule has 4 heteroatoms. The van der Waals surface area contributed by atoms with Gasteiger partial charge in [0.25, 0.3) is 0 Å². The van der Waals surface area contributed by atoms with E-state index in [-0.39, 0.29) is 11.3 Å². The fraction of sp³-hybridized carbons (Fsp3) is 0.923. The van der Waals surface area contributed by atoms with Crippen molar-refractivity contribution in [3.05, 3.63) is 0 Å². The molecule has 1 amide bonds. The van der Waals surface area contributed by atoms with Gasteiger partial charge in [-0.1, -0.05) is 20.3 Å². The van der Waals surface area contributed by atoms with Crippen molar-refractivity contribution in [1.29, 1.82) is 0 Å². The molecule has 0 aromatic heterocycles. The molecule has 3 N–H and O–H groups in total. The highest BCUT2D eigenvalue weighted by Crippen LogP contribution is 2.31. The Labute approximate surface area is 104 Å². The summed E-state index contributed by atoms with van der Waals surface area (Å²) in [5.41, 5.74) is -0.250. The van der Waals surface area contributed by atoms with Crippen LogP contribution in [0.25, 0.3) is 0 Å². The van der Waals surface area contributed by atoms with Crippen LogP contribution >= 0.6 is 0 Å². The SMILES string of the molecule is CCCC1(C(=O)NCC(O)CC)CCCNC1. The van der Waals surface area contributed by atoms with Crippen molar-refractivity contribution in [3.63, 3.8) is 0 Å². The maximum Gasteiger partial charge on any atom is 0.227 e. The zero-order valence-electron chi connectivity index (χ0n) is 11.1. The number of nitrogens with one attached hydrogen (secondary N) is 2. The summed E-state index contributed by atoms with van der Waals surface area (Å²) in [6, 6.07) is 0. The average molecular weight is 242 g/mol. The summed E-state index contributed by atoms with van der Waals surface area (Å²) in [6.07, 6.45) is 4.22. The highest BCUT2D eigenvalue weighted by molar-refractivity contribution is 5.83. The molecule has 17 heavy (non-hydrogen) atoms. The van der Waals surface area contributed by atoms with Crippen LogP contribution in [-0.4, -0.2) is 36.8 Å². The van der Waals surface area contributed by atoms with E-state index in [4.69, 9.17) is 0 Å². The van der Waals surface area contributed by atoms with Gasteiger partial charge in [0.05, 0.1) is 11.5 Å². The molecule has 1 aliphatic heterocycles. The van der Waals surface area contributed by atoms with Crippen LogP contribution in [0.3, 0.4) is 0 Å². The zero-order valence-corrected chi connectivity index (χ0v) is 11.1. The minimum atomic E-state index is -0.422. The fourth-order valence-corrected chi connectivity index (χ4v) is 2.51. The molecule has 0 spiro atoms. The van der Waals surface area contributed by atoms with E-state index < -0.39 is 6.10 Å². The molecule has 0 radical (unpaired) electrons. The van der Waals surface area contributed by atoms with E-state index in [9.17, 15) is 9.90 Å². The summed E-state index contributed by atoms with van der Waals surface area (Å²) in [7, 11) is 0. The summed E-state index contributed by atoms with van der Waals surface area (Å²) in [5.74, 6) is 0.110. The second-order valence-electron chi connectivity index (χ2n) is 5.08. The number of hydrogen-bond donors (Lipinski definition) is 3. The van der Waals surface area contributed by atoms with Crippen molar-refractivity contribution >= 4 is 5.91 Å². The normalized spacial score (nSPS) is 26.5. The molecule has 4 nitrogen and oxygen atoms in total. The standard InChI is InChI=1S/C13H26N2O2/c1-3-6-13(7-5-8-14-10-13)12(17)15-9-11(16)4-2/h11,14,16H,3-10H2,1-2H3,(H,15,17). The van der Waals surface area contributed by atoms with Gasteiger partial charge in [-0.15, -0.1) is 0 Å². The van der Waals surface area contributed by atoms with Crippen molar-refractivity contribution in [3.8, 4) is 0 Å². The number of amides is 1. The molecule has 100 valence electrons. The Bertz CT molecular complexity index is 232. The Morgan fingerprint density at radius 1 is 1.53 bits per heavy atom. The second-order valence-corrected chi connectivity index (χ2v) is 5.08. The predicted octanol–water partition coefficient (Wildman–Crippen LogP) is 1.04. The Kier molecular flexibility index (Phi) is 5.92. The maximum absolute atomic E-state index is 12.3. The third-order valence-electron chi connectivity index (χ3n) is 3.65. The zero-order chi connectivity index (χ0) is 12.7. The van der Waals surface area contributed by atoms with Crippen molar-refractivity contribution in [1.82, 2.24) is 10.6 Å². The molecule has 1 aliphatic rings.